The number of hydrogen-bond donors (Lipinski definition) is 2. The van der Waals surface area contributed by atoms with Crippen LogP contribution in [0.1, 0.15) is 43.7 Å². The first kappa shape index (κ1) is 21.5. The van der Waals surface area contributed by atoms with Gasteiger partial charge in [0.1, 0.15) is 6.61 Å². The Morgan fingerprint density at radius 2 is 1.93 bits per heavy atom. The molecule has 6 heteroatoms. The highest BCUT2D eigenvalue weighted by Crippen LogP contribution is 2.17. The Hall–Kier alpha value is -1.83. The van der Waals surface area contributed by atoms with E-state index in [-0.39, 0.29) is 24.0 Å². The molecule has 146 valence electrons. The van der Waals surface area contributed by atoms with Crippen molar-refractivity contribution < 1.29 is 4.74 Å². The Labute approximate surface area is 179 Å². The normalized spacial score (nSPS) is 14.5. The fourth-order valence-corrected chi connectivity index (χ4v) is 3.11. The van der Waals surface area contributed by atoms with E-state index in [4.69, 9.17) is 9.73 Å². The van der Waals surface area contributed by atoms with Crippen LogP contribution in [0.15, 0.2) is 53.7 Å². The lowest BCUT2D eigenvalue weighted by atomic mass is 10.2. The molecule has 0 spiro atoms. The van der Waals surface area contributed by atoms with Crippen LogP contribution in [0.25, 0.3) is 0 Å². The van der Waals surface area contributed by atoms with Gasteiger partial charge in [-0.1, -0.05) is 43.2 Å². The van der Waals surface area contributed by atoms with Crippen LogP contribution >= 0.6 is 24.0 Å². The number of aliphatic imine (C=N–C) groups is 1. The summed E-state index contributed by atoms with van der Waals surface area (Å²) in [4.78, 5) is 9.02. The number of aromatic nitrogens is 1. The van der Waals surface area contributed by atoms with Gasteiger partial charge in [-0.15, -0.1) is 24.0 Å². The molecule has 1 aromatic heterocycles. The van der Waals surface area contributed by atoms with Crippen LogP contribution in [0.2, 0.25) is 0 Å². The molecule has 0 radical (unpaired) electrons. The molecule has 0 aliphatic heterocycles. The summed E-state index contributed by atoms with van der Waals surface area (Å²) in [5, 5.41) is 6.87. The van der Waals surface area contributed by atoms with Crippen LogP contribution in [0, 0.1) is 0 Å². The van der Waals surface area contributed by atoms with E-state index in [1.807, 2.05) is 42.5 Å². The van der Waals surface area contributed by atoms with Crippen molar-refractivity contribution in [3.63, 3.8) is 0 Å². The molecule has 1 fully saturated rings. The molecule has 5 nitrogen and oxygen atoms in total. The van der Waals surface area contributed by atoms with Crippen LogP contribution in [-0.2, 0) is 13.2 Å². The van der Waals surface area contributed by atoms with E-state index >= 15 is 0 Å². The van der Waals surface area contributed by atoms with Gasteiger partial charge < -0.3 is 15.4 Å². The smallest absolute Gasteiger partial charge is 0.213 e. The zero-order chi connectivity index (χ0) is 18.0. The molecule has 1 saturated carbocycles. The van der Waals surface area contributed by atoms with Gasteiger partial charge in [0.05, 0.1) is 6.54 Å². The number of nitrogens with zero attached hydrogens (tertiary/aromatic N) is 2. The molecule has 1 heterocycles. The Morgan fingerprint density at radius 3 is 2.67 bits per heavy atom. The summed E-state index contributed by atoms with van der Waals surface area (Å²) in [5.41, 5.74) is 2.22. The van der Waals surface area contributed by atoms with E-state index in [1.165, 1.54) is 25.7 Å². The third-order valence-electron chi connectivity index (χ3n) is 4.49. The molecule has 0 amide bonds. The summed E-state index contributed by atoms with van der Waals surface area (Å²) in [6, 6.07) is 14.6. The minimum atomic E-state index is 0. The van der Waals surface area contributed by atoms with Crippen molar-refractivity contribution in [3.8, 4) is 5.88 Å². The standard InChI is InChI=1S/C21H28N4O.HI/c1-2-22-21(25-19-10-6-7-11-19)24-15-18-12-13-23-20(14-18)26-16-17-8-4-3-5-9-17;/h3-5,8-9,12-14,19H,2,6-7,10-11,15-16H2,1H3,(H2,22,24,25);1H. The average molecular weight is 480 g/mol. The second-order valence-corrected chi connectivity index (χ2v) is 6.60. The maximum Gasteiger partial charge on any atom is 0.213 e. The number of nitrogens with one attached hydrogen (secondary N) is 2. The molecule has 2 N–H and O–H groups in total. The predicted octanol–water partition coefficient (Wildman–Crippen LogP) is 4.28. The van der Waals surface area contributed by atoms with E-state index in [1.54, 1.807) is 6.20 Å². The van der Waals surface area contributed by atoms with Crippen LogP contribution in [0.4, 0.5) is 0 Å². The minimum absolute atomic E-state index is 0. The van der Waals surface area contributed by atoms with Gasteiger partial charge in [0, 0.05) is 24.8 Å². The molecule has 3 rings (SSSR count). The van der Waals surface area contributed by atoms with Gasteiger partial charge >= 0.3 is 0 Å². The van der Waals surface area contributed by atoms with Gasteiger partial charge in [-0.05, 0) is 37.0 Å². The molecule has 1 aromatic carbocycles. The molecule has 2 aromatic rings. The van der Waals surface area contributed by atoms with Gasteiger partial charge in [0.15, 0.2) is 5.96 Å². The number of halogens is 1. The molecule has 1 aliphatic rings. The number of hydrogen-bond acceptors (Lipinski definition) is 3. The second-order valence-electron chi connectivity index (χ2n) is 6.60. The first-order valence-electron chi connectivity index (χ1n) is 9.50. The van der Waals surface area contributed by atoms with Gasteiger partial charge in [-0.25, -0.2) is 9.98 Å². The van der Waals surface area contributed by atoms with Crippen LogP contribution < -0.4 is 15.4 Å². The zero-order valence-electron chi connectivity index (χ0n) is 15.9. The third kappa shape index (κ3) is 7.36. The molecule has 0 saturated heterocycles. The largest absolute Gasteiger partial charge is 0.473 e. The van der Waals surface area contributed by atoms with E-state index in [0.717, 1.165) is 23.6 Å². The Morgan fingerprint density at radius 1 is 1.15 bits per heavy atom. The maximum atomic E-state index is 5.80. The Balaban J connectivity index is 0.00000261. The third-order valence-corrected chi connectivity index (χ3v) is 4.49. The second kappa shape index (κ2) is 11.8. The van der Waals surface area contributed by atoms with Crippen LogP contribution in [-0.4, -0.2) is 23.5 Å². The summed E-state index contributed by atoms with van der Waals surface area (Å²) in [6.07, 6.45) is 6.86. The number of rotatable bonds is 7. The lowest BCUT2D eigenvalue weighted by Gasteiger charge is -2.16. The molecular formula is C21H29IN4O. The van der Waals surface area contributed by atoms with Crippen molar-refractivity contribution >= 4 is 29.9 Å². The number of pyridine rings is 1. The molecular weight excluding hydrogens is 451 g/mol. The van der Waals surface area contributed by atoms with E-state index in [0.29, 0.717) is 25.1 Å². The monoisotopic (exact) mass is 480 g/mol. The molecule has 0 unspecified atom stereocenters. The maximum absolute atomic E-state index is 5.80. The highest BCUT2D eigenvalue weighted by molar-refractivity contribution is 14.0. The number of guanidine groups is 1. The summed E-state index contributed by atoms with van der Waals surface area (Å²) in [5.74, 6) is 1.53. The zero-order valence-corrected chi connectivity index (χ0v) is 18.2. The van der Waals surface area contributed by atoms with Crippen LogP contribution in [0.3, 0.4) is 0 Å². The predicted molar refractivity (Wildman–Crippen MR) is 121 cm³/mol. The minimum Gasteiger partial charge on any atom is -0.473 e. The lowest BCUT2D eigenvalue weighted by Crippen LogP contribution is -2.42. The van der Waals surface area contributed by atoms with E-state index < -0.39 is 0 Å². The highest BCUT2D eigenvalue weighted by Gasteiger charge is 2.15. The van der Waals surface area contributed by atoms with Gasteiger partial charge in [-0.3, -0.25) is 0 Å². The lowest BCUT2D eigenvalue weighted by molar-refractivity contribution is 0.293. The average Bonchev–Trinajstić information content (AvgIpc) is 3.19. The Bertz CT molecular complexity index is 702. The first-order chi connectivity index (χ1) is 12.8. The first-order valence-corrected chi connectivity index (χ1v) is 9.50. The van der Waals surface area contributed by atoms with Gasteiger partial charge in [0.25, 0.3) is 0 Å². The quantitative estimate of drug-likeness (QED) is 0.353. The van der Waals surface area contributed by atoms with Gasteiger partial charge in [-0.2, -0.15) is 0 Å². The topological polar surface area (TPSA) is 58.5 Å². The fourth-order valence-electron chi connectivity index (χ4n) is 3.11. The summed E-state index contributed by atoms with van der Waals surface area (Å²) in [6.45, 7) is 4.08. The SMILES string of the molecule is CCNC(=NCc1ccnc(OCc2ccccc2)c1)NC1CCCC1.I. The fraction of sp³-hybridized carbons (Fsp3) is 0.429. The summed E-state index contributed by atoms with van der Waals surface area (Å²) < 4.78 is 5.80. The van der Waals surface area contributed by atoms with Crippen molar-refractivity contribution in [2.75, 3.05) is 6.54 Å². The summed E-state index contributed by atoms with van der Waals surface area (Å²) in [7, 11) is 0. The molecule has 1 aliphatic carbocycles. The summed E-state index contributed by atoms with van der Waals surface area (Å²) >= 11 is 0. The number of ether oxygens (including phenoxy) is 1. The van der Waals surface area contributed by atoms with Crippen molar-refractivity contribution in [3.05, 3.63) is 59.8 Å². The van der Waals surface area contributed by atoms with Crippen molar-refractivity contribution in [1.82, 2.24) is 15.6 Å². The molecule has 0 atom stereocenters. The van der Waals surface area contributed by atoms with Crippen molar-refractivity contribution in [2.45, 2.75) is 51.8 Å². The Kier molecular flexibility index (Phi) is 9.38. The van der Waals surface area contributed by atoms with Gasteiger partial charge in [0.2, 0.25) is 5.88 Å². The van der Waals surface area contributed by atoms with E-state index in [9.17, 15) is 0 Å². The van der Waals surface area contributed by atoms with Crippen LogP contribution in [0.5, 0.6) is 5.88 Å². The number of benzene rings is 1. The highest BCUT2D eigenvalue weighted by atomic mass is 127. The van der Waals surface area contributed by atoms with Crippen molar-refractivity contribution in [2.24, 2.45) is 4.99 Å². The molecule has 27 heavy (non-hydrogen) atoms. The van der Waals surface area contributed by atoms with Crippen molar-refractivity contribution in [1.29, 1.82) is 0 Å². The molecule has 0 bridgehead atoms. The van der Waals surface area contributed by atoms with E-state index in [2.05, 4.69) is 22.5 Å².